The van der Waals surface area contributed by atoms with Crippen LogP contribution in [-0.4, -0.2) is 34.5 Å². The van der Waals surface area contributed by atoms with E-state index in [1.54, 1.807) is 0 Å². The van der Waals surface area contributed by atoms with Crippen LogP contribution in [0.4, 0.5) is 0 Å². The van der Waals surface area contributed by atoms with Crippen molar-refractivity contribution in [1.82, 2.24) is 14.9 Å². The lowest BCUT2D eigenvalue weighted by Gasteiger charge is -2.20. The summed E-state index contributed by atoms with van der Waals surface area (Å²) in [6.45, 7) is 3.52. The predicted molar refractivity (Wildman–Crippen MR) is 78.4 cm³/mol. The number of fused-ring (bicyclic) bond motifs is 1. The van der Waals surface area contributed by atoms with Crippen LogP contribution in [-0.2, 0) is 11.8 Å². The largest absolute Gasteiger partial charge is 0.302 e. The van der Waals surface area contributed by atoms with Crippen LogP contribution in [0, 0.1) is 5.92 Å². The van der Waals surface area contributed by atoms with Gasteiger partial charge in [-0.1, -0.05) is 30.3 Å². The van der Waals surface area contributed by atoms with Crippen molar-refractivity contribution in [2.24, 2.45) is 5.92 Å². The van der Waals surface area contributed by atoms with E-state index in [2.05, 4.69) is 45.2 Å². The van der Waals surface area contributed by atoms with E-state index in [-0.39, 0.29) is 0 Å². The molecule has 1 saturated heterocycles. The van der Waals surface area contributed by atoms with Crippen LogP contribution < -0.4 is 0 Å². The molecule has 2 fully saturated rings. The number of nitrogens with zero attached hydrogens (tertiary/aromatic N) is 3. The van der Waals surface area contributed by atoms with Gasteiger partial charge in [-0.15, -0.1) is 0 Å². The van der Waals surface area contributed by atoms with Crippen molar-refractivity contribution in [2.45, 2.75) is 18.3 Å². The molecule has 1 saturated carbocycles. The van der Waals surface area contributed by atoms with Gasteiger partial charge in [0.25, 0.3) is 0 Å². The first-order chi connectivity index (χ1) is 9.87. The Labute approximate surface area is 119 Å². The van der Waals surface area contributed by atoms with Crippen LogP contribution in [0.5, 0.6) is 0 Å². The maximum absolute atomic E-state index is 4.31. The molecular formula is C17H19N3. The summed E-state index contributed by atoms with van der Waals surface area (Å²) in [7, 11) is 0. The summed E-state index contributed by atoms with van der Waals surface area (Å²) < 4.78 is 0. The van der Waals surface area contributed by atoms with Crippen molar-refractivity contribution in [3.63, 3.8) is 0 Å². The first-order valence-corrected chi connectivity index (χ1v) is 7.41. The summed E-state index contributed by atoms with van der Waals surface area (Å²) in [6.07, 6.45) is 5.98. The van der Waals surface area contributed by atoms with E-state index in [9.17, 15) is 0 Å². The predicted octanol–water partition coefficient (Wildman–Crippen LogP) is 2.29. The fourth-order valence-corrected chi connectivity index (χ4v) is 3.69. The van der Waals surface area contributed by atoms with Crippen molar-refractivity contribution in [2.75, 3.05) is 19.6 Å². The molecule has 4 rings (SSSR count). The lowest BCUT2D eigenvalue weighted by molar-refractivity contribution is 0.300. The van der Waals surface area contributed by atoms with E-state index in [1.807, 2.05) is 18.5 Å². The van der Waals surface area contributed by atoms with Crippen LogP contribution in [0.25, 0.3) is 0 Å². The van der Waals surface area contributed by atoms with Crippen LogP contribution in [0.1, 0.15) is 17.8 Å². The Hall–Kier alpha value is -1.74. The summed E-state index contributed by atoms with van der Waals surface area (Å²) in [5, 5.41) is 0. The summed E-state index contributed by atoms with van der Waals surface area (Å²) in [5.74, 6) is 1.82. The minimum Gasteiger partial charge on any atom is -0.302 e. The van der Waals surface area contributed by atoms with Crippen molar-refractivity contribution in [3.05, 3.63) is 60.2 Å². The molecule has 2 atom stereocenters. The highest BCUT2D eigenvalue weighted by Gasteiger charge is 2.60. The zero-order valence-corrected chi connectivity index (χ0v) is 11.6. The lowest BCUT2D eigenvalue weighted by Crippen LogP contribution is -2.29. The van der Waals surface area contributed by atoms with Gasteiger partial charge in [0.05, 0.1) is 0 Å². The summed E-state index contributed by atoms with van der Waals surface area (Å²) in [4.78, 5) is 11.2. The van der Waals surface area contributed by atoms with E-state index in [0.717, 1.165) is 24.7 Å². The molecule has 0 bridgehead atoms. The van der Waals surface area contributed by atoms with Crippen LogP contribution in [0.3, 0.4) is 0 Å². The summed E-state index contributed by atoms with van der Waals surface area (Å²) in [5.41, 5.74) is 1.99. The van der Waals surface area contributed by atoms with E-state index in [0.29, 0.717) is 5.41 Å². The first-order valence-electron chi connectivity index (χ1n) is 7.41. The normalized spacial score (nSPS) is 28.3. The fourth-order valence-electron chi connectivity index (χ4n) is 3.69. The number of aromatic nitrogens is 2. The SMILES string of the molecule is c1ccc(C23C[C@@H]2CN(CCc2ncccn2)C3)cc1. The molecule has 0 N–H and O–H groups in total. The first kappa shape index (κ1) is 12.0. The zero-order valence-electron chi connectivity index (χ0n) is 11.6. The van der Waals surface area contributed by atoms with Gasteiger partial charge in [-0.05, 0) is 24.0 Å². The highest BCUT2D eigenvalue weighted by molar-refractivity contribution is 5.36. The van der Waals surface area contributed by atoms with Gasteiger partial charge in [0.15, 0.2) is 0 Å². The second-order valence-corrected chi connectivity index (χ2v) is 6.07. The number of rotatable bonds is 4. The van der Waals surface area contributed by atoms with Gasteiger partial charge in [0.2, 0.25) is 0 Å². The van der Waals surface area contributed by atoms with Crippen molar-refractivity contribution in [1.29, 1.82) is 0 Å². The molecule has 1 aromatic heterocycles. The highest BCUT2D eigenvalue weighted by atomic mass is 15.2. The topological polar surface area (TPSA) is 29.0 Å². The molecule has 3 nitrogen and oxygen atoms in total. The Morgan fingerprint density at radius 1 is 1.10 bits per heavy atom. The molecule has 2 aromatic rings. The second kappa shape index (κ2) is 4.67. The van der Waals surface area contributed by atoms with Crippen molar-refractivity contribution < 1.29 is 0 Å². The standard InChI is InChI=1S/C17H19N3/c1-2-5-14(6-3-1)17-11-15(17)12-20(13-17)10-7-16-18-8-4-9-19-16/h1-6,8-9,15H,7,10-13H2/t15-,17?/m1/s1. The van der Waals surface area contributed by atoms with E-state index >= 15 is 0 Å². The van der Waals surface area contributed by atoms with Gasteiger partial charge in [-0.2, -0.15) is 0 Å². The molecule has 0 amide bonds. The molecular weight excluding hydrogens is 246 g/mol. The molecule has 20 heavy (non-hydrogen) atoms. The van der Waals surface area contributed by atoms with Crippen molar-refractivity contribution in [3.8, 4) is 0 Å². The number of likely N-dealkylation sites (tertiary alicyclic amines) is 1. The average molecular weight is 265 g/mol. The molecule has 102 valence electrons. The Kier molecular flexibility index (Phi) is 2.81. The van der Waals surface area contributed by atoms with Gasteiger partial charge in [0.1, 0.15) is 5.82 Å². The minimum atomic E-state index is 0.457. The molecule has 0 radical (unpaired) electrons. The third kappa shape index (κ3) is 2.02. The van der Waals surface area contributed by atoms with Gasteiger partial charge >= 0.3 is 0 Å². The van der Waals surface area contributed by atoms with Gasteiger partial charge in [-0.25, -0.2) is 9.97 Å². The van der Waals surface area contributed by atoms with Gasteiger partial charge in [0, 0.05) is 43.9 Å². The number of benzene rings is 1. The number of hydrogen-bond acceptors (Lipinski definition) is 3. The Morgan fingerprint density at radius 3 is 2.70 bits per heavy atom. The van der Waals surface area contributed by atoms with Gasteiger partial charge < -0.3 is 4.90 Å². The minimum absolute atomic E-state index is 0.457. The van der Waals surface area contributed by atoms with Gasteiger partial charge in [-0.3, -0.25) is 0 Å². The van der Waals surface area contributed by atoms with Crippen LogP contribution in [0.15, 0.2) is 48.8 Å². The zero-order chi connectivity index (χ0) is 13.4. The van der Waals surface area contributed by atoms with E-state index in [4.69, 9.17) is 0 Å². The van der Waals surface area contributed by atoms with E-state index in [1.165, 1.54) is 25.1 Å². The third-order valence-electron chi connectivity index (χ3n) is 4.84. The monoisotopic (exact) mass is 265 g/mol. The Balaban J connectivity index is 1.40. The molecule has 1 unspecified atom stereocenters. The molecule has 1 aliphatic carbocycles. The maximum Gasteiger partial charge on any atom is 0.129 e. The summed E-state index contributed by atoms with van der Waals surface area (Å²) in [6, 6.07) is 12.9. The van der Waals surface area contributed by atoms with Crippen LogP contribution in [0.2, 0.25) is 0 Å². The van der Waals surface area contributed by atoms with Crippen molar-refractivity contribution >= 4 is 0 Å². The second-order valence-electron chi connectivity index (χ2n) is 6.07. The van der Waals surface area contributed by atoms with E-state index < -0.39 is 0 Å². The Morgan fingerprint density at radius 2 is 1.90 bits per heavy atom. The third-order valence-corrected chi connectivity index (χ3v) is 4.84. The number of piperidine rings is 1. The maximum atomic E-state index is 4.31. The average Bonchev–Trinajstić information content (AvgIpc) is 3.10. The molecule has 2 aliphatic rings. The number of hydrogen-bond donors (Lipinski definition) is 0. The molecule has 1 aliphatic heterocycles. The molecule has 0 spiro atoms. The summed E-state index contributed by atoms with van der Waals surface area (Å²) >= 11 is 0. The lowest BCUT2D eigenvalue weighted by atomic mass is 9.95. The molecule has 2 heterocycles. The smallest absolute Gasteiger partial charge is 0.129 e. The Bertz CT molecular complexity index is 584. The molecule has 1 aromatic carbocycles. The molecule has 3 heteroatoms. The fraction of sp³-hybridized carbons (Fsp3) is 0.412. The van der Waals surface area contributed by atoms with Crippen LogP contribution >= 0.6 is 0 Å². The highest BCUT2D eigenvalue weighted by Crippen LogP contribution is 2.58. The quantitative estimate of drug-likeness (QED) is 0.849.